The van der Waals surface area contributed by atoms with Gasteiger partial charge in [-0.25, -0.2) is 9.37 Å². The molecule has 1 amide bonds. The second kappa shape index (κ2) is 5.27. The molecule has 0 saturated carbocycles. The van der Waals surface area contributed by atoms with Crippen LogP contribution in [0.3, 0.4) is 0 Å². The molecule has 1 aromatic heterocycles. The zero-order chi connectivity index (χ0) is 13.1. The van der Waals surface area contributed by atoms with E-state index in [0.29, 0.717) is 11.4 Å². The molecule has 0 unspecified atom stereocenters. The topological polar surface area (TPSA) is 42.0 Å². The molecule has 2 rings (SSSR count). The van der Waals surface area contributed by atoms with E-state index in [0.717, 1.165) is 16.2 Å². The van der Waals surface area contributed by atoms with Crippen molar-refractivity contribution in [2.45, 2.75) is 6.92 Å². The number of carbonyl (C=O) groups is 1. The maximum Gasteiger partial charge on any atom is 0.256 e. The third-order valence-corrected chi connectivity index (χ3v) is 2.73. The second-order valence-corrected chi connectivity index (χ2v) is 4.75. The van der Waals surface area contributed by atoms with E-state index in [1.165, 1.54) is 12.1 Å². The summed E-state index contributed by atoms with van der Waals surface area (Å²) in [6.45, 7) is 1.90. The van der Waals surface area contributed by atoms with Crippen LogP contribution in [0.2, 0.25) is 0 Å². The minimum atomic E-state index is -0.439. The van der Waals surface area contributed by atoms with Gasteiger partial charge in [-0.05, 0) is 42.8 Å². The van der Waals surface area contributed by atoms with Gasteiger partial charge in [0.1, 0.15) is 11.6 Å². The van der Waals surface area contributed by atoms with Gasteiger partial charge in [0.15, 0.2) is 0 Å². The fourth-order valence-electron chi connectivity index (χ4n) is 1.51. The highest BCUT2D eigenvalue weighted by atomic mass is 79.9. The summed E-state index contributed by atoms with van der Waals surface area (Å²) in [6, 6.07) is 8.05. The summed E-state index contributed by atoms with van der Waals surface area (Å²) in [5, 5.41) is 2.60. The summed E-state index contributed by atoms with van der Waals surface area (Å²) in [5.41, 5.74) is 1.49. The molecule has 0 saturated heterocycles. The van der Waals surface area contributed by atoms with Gasteiger partial charge in [-0.1, -0.05) is 15.9 Å². The van der Waals surface area contributed by atoms with Crippen LogP contribution >= 0.6 is 15.9 Å². The molecule has 5 heteroatoms. The van der Waals surface area contributed by atoms with Crippen LogP contribution in [-0.2, 0) is 0 Å². The van der Waals surface area contributed by atoms with Gasteiger partial charge in [0.2, 0.25) is 0 Å². The summed E-state index contributed by atoms with van der Waals surface area (Å²) in [4.78, 5) is 15.7. The maximum atomic E-state index is 12.7. The first kappa shape index (κ1) is 12.7. The lowest BCUT2D eigenvalue weighted by Gasteiger charge is -2.05. The summed E-state index contributed by atoms with van der Waals surface area (Å²) in [5.74, 6) is -0.399. The minimum Gasteiger partial charge on any atom is -0.307 e. The van der Waals surface area contributed by atoms with Crippen molar-refractivity contribution >= 4 is 27.7 Å². The normalized spacial score (nSPS) is 10.2. The first-order chi connectivity index (χ1) is 8.54. The number of benzene rings is 1. The average molecular weight is 309 g/mol. The lowest BCUT2D eigenvalue weighted by molar-refractivity contribution is 0.102. The Labute approximate surface area is 112 Å². The Balaban J connectivity index is 2.19. The summed E-state index contributed by atoms with van der Waals surface area (Å²) in [7, 11) is 0. The number of anilines is 1. The molecule has 1 aromatic carbocycles. The van der Waals surface area contributed by atoms with Gasteiger partial charge < -0.3 is 5.32 Å². The number of halogens is 2. The fraction of sp³-hybridized carbons (Fsp3) is 0.0769. The Morgan fingerprint density at radius 1 is 1.33 bits per heavy atom. The molecule has 1 heterocycles. The monoisotopic (exact) mass is 308 g/mol. The Morgan fingerprint density at radius 3 is 2.72 bits per heavy atom. The van der Waals surface area contributed by atoms with Crippen molar-refractivity contribution < 1.29 is 9.18 Å². The highest BCUT2D eigenvalue weighted by Crippen LogP contribution is 2.16. The standard InChI is InChI=1S/C13H10BrFN2O/c1-8-4-9(6-10(14)5-8)13(18)17-12-3-2-11(15)7-16-12/h2-7H,1H3,(H,16,17,18). The predicted molar refractivity (Wildman–Crippen MR) is 71.0 cm³/mol. The SMILES string of the molecule is Cc1cc(Br)cc(C(=O)Nc2ccc(F)cn2)c1. The lowest BCUT2D eigenvalue weighted by atomic mass is 10.1. The molecular formula is C13H10BrFN2O. The number of nitrogens with one attached hydrogen (secondary N) is 1. The lowest BCUT2D eigenvalue weighted by Crippen LogP contribution is -2.13. The number of hydrogen-bond donors (Lipinski definition) is 1. The van der Waals surface area contributed by atoms with Gasteiger partial charge in [0.05, 0.1) is 6.20 Å². The van der Waals surface area contributed by atoms with Crippen LogP contribution in [0.5, 0.6) is 0 Å². The van der Waals surface area contributed by atoms with Crippen LogP contribution in [0.15, 0.2) is 41.0 Å². The zero-order valence-electron chi connectivity index (χ0n) is 9.58. The van der Waals surface area contributed by atoms with Crippen molar-refractivity contribution in [1.82, 2.24) is 4.98 Å². The Morgan fingerprint density at radius 2 is 2.11 bits per heavy atom. The van der Waals surface area contributed by atoms with Crippen molar-refractivity contribution in [2.24, 2.45) is 0 Å². The van der Waals surface area contributed by atoms with Gasteiger partial charge in [0, 0.05) is 10.0 Å². The highest BCUT2D eigenvalue weighted by molar-refractivity contribution is 9.10. The number of aryl methyl sites for hydroxylation is 1. The highest BCUT2D eigenvalue weighted by Gasteiger charge is 2.08. The molecule has 92 valence electrons. The number of carbonyl (C=O) groups excluding carboxylic acids is 1. The molecule has 2 aromatic rings. The van der Waals surface area contributed by atoms with Crippen LogP contribution in [0.4, 0.5) is 10.2 Å². The molecule has 0 aliphatic heterocycles. The molecule has 0 aliphatic carbocycles. The third kappa shape index (κ3) is 3.13. The van der Waals surface area contributed by atoms with Gasteiger partial charge >= 0.3 is 0 Å². The van der Waals surface area contributed by atoms with Gasteiger partial charge in [0.25, 0.3) is 5.91 Å². The van der Waals surface area contributed by atoms with Crippen molar-refractivity contribution in [3.8, 4) is 0 Å². The van der Waals surface area contributed by atoms with E-state index in [4.69, 9.17) is 0 Å². The molecule has 0 radical (unpaired) electrons. The third-order valence-electron chi connectivity index (χ3n) is 2.27. The van der Waals surface area contributed by atoms with Gasteiger partial charge in [-0.2, -0.15) is 0 Å². The molecule has 0 aliphatic rings. The van der Waals surface area contributed by atoms with E-state index < -0.39 is 5.82 Å². The van der Waals surface area contributed by atoms with Crippen LogP contribution < -0.4 is 5.32 Å². The largest absolute Gasteiger partial charge is 0.307 e. The number of pyridine rings is 1. The van der Waals surface area contributed by atoms with Crippen LogP contribution in [0, 0.1) is 12.7 Å². The average Bonchev–Trinajstić information content (AvgIpc) is 2.31. The number of hydrogen-bond acceptors (Lipinski definition) is 2. The molecule has 0 fully saturated rings. The second-order valence-electron chi connectivity index (χ2n) is 3.83. The number of nitrogens with zero attached hydrogens (tertiary/aromatic N) is 1. The number of aromatic nitrogens is 1. The smallest absolute Gasteiger partial charge is 0.256 e. The van der Waals surface area contributed by atoms with Gasteiger partial charge in [-0.15, -0.1) is 0 Å². The molecule has 18 heavy (non-hydrogen) atoms. The molecule has 0 bridgehead atoms. The number of rotatable bonds is 2. The van der Waals surface area contributed by atoms with E-state index in [2.05, 4.69) is 26.2 Å². The predicted octanol–water partition coefficient (Wildman–Crippen LogP) is 3.54. The van der Waals surface area contributed by atoms with Crippen LogP contribution in [0.1, 0.15) is 15.9 Å². The molecule has 1 N–H and O–H groups in total. The zero-order valence-corrected chi connectivity index (χ0v) is 11.2. The molecule has 0 spiro atoms. The van der Waals surface area contributed by atoms with Gasteiger partial charge in [-0.3, -0.25) is 4.79 Å². The fourth-order valence-corrected chi connectivity index (χ4v) is 2.11. The molecule has 3 nitrogen and oxygen atoms in total. The first-order valence-electron chi connectivity index (χ1n) is 5.25. The number of amides is 1. The van der Waals surface area contributed by atoms with Crippen molar-refractivity contribution in [1.29, 1.82) is 0 Å². The van der Waals surface area contributed by atoms with Crippen molar-refractivity contribution in [3.05, 3.63) is 57.9 Å². The maximum absolute atomic E-state index is 12.7. The van der Waals surface area contributed by atoms with Crippen molar-refractivity contribution in [3.63, 3.8) is 0 Å². The Hall–Kier alpha value is -1.75. The van der Waals surface area contributed by atoms with E-state index in [1.54, 1.807) is 12.1 Å². The van der Waals surface area contributed by atoms with Crippen LogP contribution in [0.25, 0.3) is 0 Å². The summed E-state index contributed by atoms with van der Waals surface area (Å²) >= 11 is 3.33. The van der Waals surface area contributed by atoms with E-state index >= 15 is 0 Å². The van der Waals surface area contributed by atoms with Crippen LogP contribution in [-0.4, -0.2) is 10.9 Å². The van der Waals surface area contributed by atoms with E-state index in [1.807, 2.05) is 13.0 Å². The first-order valence-corrected chi connectivity index (χ1v) is 6.04. The Bertz CT molecular complexity index is 564. The summed E-state index contributed by atoms with van der Waals surface area (Å²) < 4.78 is 13.5. The minimum absolute atomic E-state index is 0.279. The summed E-state index contributed by atoms with van der Waals surface area (Å²) in [6.07, 6.45) is 1.06. The molecular weight excluding hydrogens is 299 g/mol. The quantitative estimate of drug-likeness (QED) is 0.922. The molecule has 0 atom stereocenters. The van der Waals surface area contributed by atoms with Crippen molar-refractivity contribution in [2.75, 3.05) is 5.32 Å². The Kier molecular flexibility index (Phi) is 3.72. The van der Waals surface area contributed by atoms with E-state index in [9.17, 15) is 9.18 Å². The van der Waals surface area contributed by atoms with E-state index in [-0.39, 0.29) is 5.91 Å².